The molecular formula is C31H26N2O6. The Balaban J connectivity index is 1.30. The van der Waals surface area contributed by atoms with E-state index >= 15 is 0 Å². The van der Waals surface area contributed by atoms with Gasteiger partial charge in [-0.3, -0.25) is 0 Å². The molecule has 5 rings (SSSR count). The zero-order chi connectivity index (χ0) is 27.5. The molecule has 8 heteroatoms. The monoisotopic (exact) mass is 522 g/mol. The number of nitrogens with two attached hydrogens (primary N) is 1. The number of hydrogen-bond donors (Lipinski definition) is 1. The smallest absolute Gasteiger partial charge is 0.463 e. The molecule has 8 nitrogen and oxygen atoms in total. The standard InChI is InChI=1S/C31H26N2O6/c1-3-36-30(34)27-18(2)38-29(33)25(16-32)28(27)19-12-14-20(15-13-19)39-31(35)37-17-26-23-10-6-4-8-21(23)22-9-5-7-11-24(22)26/h4-15,26,28H,3,17,33H2,1-2H3. The Kier molecular flexibility index (Phi) is 7.06. The topological polar surface area (TPSA) is 121 Å². The maximum absolute atomic E-state index is 12.7. The Morgan fingerprint density at radius 2 is 1.56 bits per heavy atom. The average molecular weight is 523 g/mol. The van der Waals surface area contributed by atoms with Gasteiger partial charge in [0.1, 0.15) is 29.8 Å². The number of carbonyl (C=O) groups excluding carboxylic acids is 2. The highest BCUT2D eigenvalue weighted by molar-refractivity contribution is 5.92. The molecule has 0 saturated heterocycles. The first kappa shape index (κ1) is 25.6. The third kappa shape index (κ3) is 4.82. The van der Waals surface area contributed by atoms with E-state index in [4.69, 9.17) is 24.7 Å². The number of esters is 1. The van der Waals surface area contributed by atoms with Crippen molar-refractivity contribution in [3.05, 3.63) is 112 Å². The van der Waals surface area contributed by atoms with E-state index in [9.17, 15) is 14.9 Å². The summed E-state index contributed by atoms with van der Waals surface area (Å²) in [5, 5.41) is 9.73. The molecule has 3 aromatic carbocycles. The maximum atomic E-state index is 12.7. The second kappa shape index (κ2) is 10.8. The van der Waals surface area contributed by atoms with E-state index in [2.05, 4.69) is 12.1 Å². The molecule has 1 atom stereocenters. The number of nitrogens with zero attached hydrogens (tertiary/aromatic N) is 1. The molecule has 0 spiro atoms. The molecule has 0 saturated carbocycles. The minimum absolute atomic E-state index is 0.0768. The van der Waals surface area contributed by atoms with Gasteiger partial charge in [-0.1, -0.05) is 60.7 Å². The first-order valence-electron chi connectivity index (χ1n) is 12.5. The first-order valence-corrected chi connectivity index (χ1v) is 12.5. The minimum atomic E-state index is -0.833. The van der Waals surface area contributed by atoms with Crippen LogP contribution in [0.5, 0.6) is 5.75 Å². The molecule has 0 aromatic heterocycles. The molecule has 2 aliphatic rings. The molecule has 1 aliphatic heterocycles. The van der Waals surface area contributed by atoms with Gasteiger partial charge in [-0.15, -0.1) is 0 Å². The predicted octanol–water partition coefficient (Wildman–Crippen LogP) is 5.66. The third-order valence-corrected chi connectivity index (χ3v) is 6.85. The van der Waals surface area contributed by atoms with Crippen LogP contribution in [0, 0.1) is 11.3 Å². The zero-order valence-electron chi connectivity index (χ0n) is 21.5. The van der Waals surface area contributed by atoms with Gasteiger partial charge in [0.25, 0.3) is 0 Å². The van der Waals surface area contributed by atoms with Crippen molar-refractivity contribution in [3.63, 3.8) is 0 Å². The van der Waals surface area contributed by atoms with E-state index in [0.717, 1.165) is 22.3 Å². The van der Waals surface area contributed by atoms with Crippen molar-refractivity contribution in [1.29, 1.82) is 5.26 Å². The lowest BCUT2D eigenvalue weighted by Gasteiger charge is -2.26. The number of benzene rings is 3. The molecule has 1 aliphatic carbocycles. The largest absolute Gasteiger partial charge is 0.513 e. The first-order chi connectivity index (χ1) is 18.9. The van der Waals surface area contributed by atoms with Crippen LogP contribution in [0.4, 0.5) is 4.79 Å². The fraction of sp³-hybridized carbons (Fsp3) is 0.194. The Labute approximate surface area is 225 Å². The Bertz CT molecular complexity index is 1500. The third-order valence-electron chi connectivity index (χ3n) is 6.85. The minimum Gasteiger partial charge on any atom is -0.463 e. The summed E-state index contributed by atoms with van der Waals surface area (Å²) in [6.07, 6.45) is -0.833. The van der Waals surface area contributed by atoms with E-state index in [1.165, 1.54) is 0 Å². The number of allylic oxidation sites excluding steroid dienone is 2. The van der Waals surface area contributed by atoms with Crippen molar-refractivity contribution in [1.82, 2.24) is 0 Å². The highest BCUT2D eigenvalue weighted by atomic mass is 16.7. The van der Waals surface area contributed by atoms with Crippen LogP contribution in [0.25, 0.3) is 11.1 Å². The van der Waals surface area contributed by atoms with Crippen LogP contribution < -0.4 is 10.5 Å². The number of ether oxygens (including phenoxy) is 4. The van der Waals surface area contributed by atoms with Gasteiger partial charge in [-0.2, -0.15) is 5.26 Å². The highest BCUT2D eigenvalue weighted by Gasteiger charge is 2.36. The maximum Gasteiger partial charge on any atom is 0.513 e. The average Bonchev–Trinajstić information content (AvgIpc) is 3.26. The van der Waals surface area contributed by atoms with Gasteiger partial charge in [0.05, 0.1) is 18.1 Å². The van der Waals surface area contributed by atoms with Gasteiger partial charge in [-0.25, -0.2) is 9.59 Å². The van der Waals surface area contributed by atoms with Crippen molar-refractivity contribution in [3.8, 4) is 22.9 Å². The zero-order valence-corrected chi connectivity index (χ0v) is 21.5. The molecule has 0 amide bonds. The van der Waals surface area contributed by atoms with Gasteiger partial charge < -0.3 is 24.7 Å². The van der Waals surface area contributed by atoms with E-state index in [0.29, 0.717) is 5.56 Å². The van der Waals surface area contributed by atoms with Crippen LogP contribution in [0.15, 0.2) is 95.6 Å². The lowest BCUT2D eigenvalue weighted by Crippen LogP contribution is -2.25. The van der Waals surface area contributed by atoms with Crippen molar-refractivity contribution in [2.24, 2.45) is 5.73 Å². The Hall–Kier alpha value is -5.03. The fourth-order valence-corrected chi connectivity index (χ4v) is 5.13. The van der Waals surface area contributed by atoms with Gasteiger partial charge in [0.15, 0.2) is 0 Å². The van der Waals surface area contributed by atoms with Crippen LogP contribution in [-0.2, 0) is 19.0 Å². The van der Waals surface area contributed by atoms with Gasteiger partial charge >= 0.3 is 12.1 Å². The van der Waals surface area contributed by atoms with Crippen LogP contribution in [0.1, 0.15) is 42.4 Å². The highest BCUT2D eigenvalue weighted by Crippen LogP contribution is 2.44. The molecule has 1 unspecified atom stereocenters. The summed E-state index contributed by atoms with van der Waals surface area (Å²) >= 11 is 0. The van der Waals surface area contributed by atoms with Crippen molar-refractivity contribution < 1.29 is 28.5 Å². The lowest BCUT2D eigenvalue weighted by atomic mass is 9.83. The van der Waals surface area contributed by atoms with Crippen LogP contribution in [0.3, 0.4) is 0 Å². The van der Waals surface area contributed by atoms with Gasteiger partial charge in [-0.05, 0) is 53.8 Å². The van der Waals surface area contributed by atoms with E-state index in [1.807, 2.05) is 42.5 Å². The van der Waals surface area contributed by atoms with Crippen LogP contribution >= 0.6 is 0 Å². The summed E-state index contributed by atoms with van der Waals surface area (Å²) in [7, 11) is 0. The molecule has 0 bridgehead atoms. The quantitative estimate of drug-likeness (QED) is 0.325. The summed E-state index contributed by atoms with van der Waals surface area (Å²) in [6, 6.07) is 24.6. The normalized spacial score (nSPS) is 16.1. The van der Waals surface area contributed by atoms with Gasteiger partial charge in [0, 0.05) is 5.92 Å². The molecule has 1 heterocycles. The lowest BCUT2D eigenvalue weighted by molar-refractivity contribution is -0.139. The second-order valence-corrected chi connectivity index (χ2v) is 9.07. The second-order valence-electron chi connectivity index (χ2n) is 9.07. The van der Waals surface area contributed by atoms with Crippen molar-refractivity contribution >= 4 is 12.1 Å². The molecule has 0 radical (unpaired) electrons. The van der Waals surface area contributed by atoms with E-state index in [-0.39, 0.29) is 47.7 Å². The summed E-state index contributed by atoms with van der Waals surface area (Å²) in [4.78, 5) is 25.3. The van der Waals surface area contributed by atoms with Crippen LogP contribution in [-0.4, -0.2) is 25.3 Å². The van der Waals surface area contributed by atoms with Crippen LogP contribution in [0.2, 0.25) is 0 Å². The molecule has 2 N–H and O–H groups in total. The molecule has 39 heavy (non-hydrogen) atoms. The summed E-state index contributed by atoms with van der Waals surface area (Å²) in [5.74, 6) is -1.04. The predicted molar refractivity (Wildman–Crippen MR) is 142 cm³/mol. The van der Waals surface area contributed by atoms with E-state index in [1.54, 1.807) is 38.1 Å². The summed E-state index contributed by atoms with van der Waals surface area (Å²) in [6.45, 7) is 3.58. The summed E-state index contributed by atoms with van der Waals surface area (Å²) in [5.41, 5.74) is 11.3. The number of fused-ring (bicyclic) bond motifs is 3. The van der Waals surface area contributed by atoms with E-state index < -0.39 is 18.0 Å². The number of rotatable bonds is 6. The van der Waals surface area contributed by atoms with Crippen molar-refractivity contribution in [2.45, 2.75) is 25.7 Å². The summed E-state index contributed by atoms with van der Waals surface area (Å²) < 4.78 is 21.5. The number of nitriles is 1. The van der Waals surface area contributed by atoms with Gasteiger partial charge in [0.2, 0.25) is 5.88 Å². The molecular weight excluding hydrogens is 496 g/mol. The number of hydrogen-bond acceptors (Lipinski definition) is 8. The molecule has 196 valence electrons. The molecule has 0 fully saturated rings. The van der Waals surface area contributed by atoms with Crippen molar-refractivity contribution in [2.75, 3.05) is 13.2 Å². The molecule has 3 aromatic rings. The Morgan fingerprint density at radius 1 is 0.949 bits per heavy atom. The number of carbonyl (C=O) groups is 2. The Morgan fingerprint density at radius 3 is 2.15 bits per heavy atom. The fourth-order valence-electron chi connectivity index (χ4n) is 5.13. The SMILES string of the molecule is CCOC(=O)C1=C(C)OC(N)=C(C#N)C1c1ccc(OC(=O)OCC2c3ccccc3-c3ccccc32)cc1.